The Labute approximate surface area is 220 Å². The minimum absolute atomic E-state index is 0.245. The molecule has 1 aliphatic heterocycles. The van der Waals surface area contributed by atoms with Gasteiger partial charge < -0.3 is 10.1 Å². The van der Waals surface area contributed by atoms with Gasteiger partial charge in [-0.25, -0.2) is 4.79 Å². The number of amides is 3. The predicted molar refractivity (Wildman–Crippen MR) is 140 cm³/mol. The zero-order valence-electron chi connectivity index (χ0n) is 21.4. The largest absolute Gasteiger partial charge is 0.454 e. The lowest BCUT2D eigenvalue weighted by Gasteiger charge is -2.45. The van der Waals surface area contributed by atoms with Crippen molar-refractivity contribution in [2.75, 3.05) is 11.9 Å². The van der Waals surface area contributed by atoms with Gasteiger partial charge in [-0.15, -0.1) is 0 Å². The molecule has 3 aliphatic carbocycles. The molecule has 3 amide bonds. The van der Waals surface area contributed by atoms with E-state index in [1.54, 1.807) is 6.07 Å². The Kier molecular flexibility index (Phi) is 5.67. The summed E-state index contributed by atoms with van der Waals surface area (Å²) < 4.78 is 5.27. The molecule has 0 unspecified atom stereocenters. The summed E-state index contributed by atoms with van der Waals surface area (Å²) in [5.41, 5.74) is 6.87. The summed E-state index contributed by atoms with van der Waals surface area (Å²) in [6.45, 7) is 4.81. The maximum absolute atomic E-state index is 13.8. The topological polar surface area (TPSA) is 92.8 Å². The highest BCUT2D eigenvalue weighted by molar-refractivity contribution is 6.10. The molecule has 1 saturated heterocycles. The van der Waals surface area contributed by atoms with Crippen molar-refractivity contribution in [3.8, 4) is 0 Å². The van der Waals surface area contributed by atoms with Gasteiger partial charge in [0, 0.05) is 17.5 Å². The number of nitrogens with one attached hydrogen (secondary N) is 1. The molecular formula is C31H28N2O5. The second kappa shape index (κ2) is 8.94. The van der Waals surface area contributed by atoms with Crippen LogP contribution < -0.4 is 5.32 Å². The SMILES string of the molecule is Cc1cccc(NC(=O)COC(=O)[C@H](C)N2C(=O)[C@@H]3C4c5ccccc5C(c5ccccc54)[C@@H]3C2=O)c1C. The number of esters is 1. The summed E-state index contributed by atoms with van der Waals surface area (Å²) in [6.07, 6.45) is 0. The number of rotatable bonds is 5. The van der Waals surface area contributed by atoms with Crippen molar-refractivity contribution in [1.29, 1.82) is 0 Å². The van der Waals surface area contributed by atoms with E-state index in [9.17, 15) is 19.2 Å². The van der Waals surface area contributed by atoms with Crippen LogP contribution in [0.2, 0.25) is 0 Å². The summed E-state index contributed by atoms with van der Waals surface area (Å²) in [5.74, 6) is -3.62. The Morgan fingerprint density at radius 1 is 0.816 bits per heavy atom. The van der Waals surface area contributed by atoms with Crippen LogP contribution in [-0.2, 0) is 23.9 Å². The van der Waals surface area contributed by atoms with Crippen molar-refractivity contribution in [2.24, 2.45) is 11.8 Å². The average molecular weight is 509 g/mol. The van der Waals surface area contributed by atoms with E-state index >= 15 is 0 Å². The van der Waals surface area contributed by atoms with Crippen LogP contribution in [-0.4, -0.2) is 41.2 Å². The van der Waals surface area contributed by atoms with Gasteiger partial charge in [0.1, 0.15) is 6.04 Å². The molecule has 0 spiro atoms. The molecule has 2 bridgehead atoms. The van der Waals surface area contributed by atoms with E-state index in [2.05, 4.69) is 5.32 Å². The quantitative estimate of drug-likeness (QED) is 0.414. The van der Waals surface area contributed by atoms with Gasteiger partial charge in [0.25, 0.3) is 5.91 Å². The highest BCUT2D eigenvalue weighted by Gasteiger charge is 2.62. The molecule has 1 N–H and O–H groups in total. The zero-order valence-corrected chi connectivity index (χ0v) is 21.4. The molecule has 3 aromatic rings. The lowest BCUT2D eigenvalue weighted by molar-refractivity contribution is -0.159. The third kappa shape index (κ3) is 3.49. The summed E-state index contributed by atoms with van der Waals surface area (Å²) in [5, 5.41) is 2.75. The smallest absolute Gasteiger partial charge is 0.329 e. The standard InChI is InChI=1S/C31H28N2O5/c1-16-9-8-14-23(17(16)2)32-24(34)15-38-31(37)18(3)33-29(35)27-25-19-10-4-5-11-20(19)26(28(27)30(33)36)22-13-7-6-12-21(22)25/h4-14,18,25-28H,15H2,1-3H3,(H,32,34)/t18-,25?,26?,27-,28+/m0/s1. The summed E-state index contributed by atoms with van der Waals surface area (Å²) >= 11 is 0. The summed E-state index contributed by atoms with van der Waals surface area (Å²) in [4.78, 5) is 54.1. The van der Waals surface area contributed by atoms with E-state index in [4.69, 9.17) is 4.74 Å². The van der Waals surface area contributed by atoms with Gasteiger partial charge in [-0.3, -0.25) is 19.3 Å². The Bertz CT molecular complexity index is 1400. The van der Waals surface area contributed by atoms with Gasteiger partial charge in [0.2, 0.25) is 11.8 Å². The van der Waals surface area contributed by atoms with E-state index in [1.807, 2.05) is 74.5 Å². The molecule has 0 saturated carbocycles. The van der Waals surface area contributed by atoms with Crippen LogP contribution in [0.4, 0.5) is 5.69 Å². The number of nitrogens with zero attached hydrogens (tertiary/aromatic N) is 1. The van der Waals surface area contributed by atoms with Gasteiger partial charge in [-0.05, 0) is 60.2 Å². The first-order valence-corrected chi connectivity index (χ1v) is 12.9. The van der Waals surface area contributed by atoms with Crippen LogP contribution in [0.3, 0.4) is 0 Å². The molecule has 1 heterocycles. The van der Waals surface area contributed by atoms with Crippen molar-refractivity contribution in [3.63, 3.8) is 0 Å². The van der Waals surface area contributed by atoms with Crippen molar-refractivity contribution in [2.45, 2.75) is 38.6 Å². The molecular weight excluding hydrogens is 480 g/mol. The minimum atomic E-state index is -1.14. The first-order valence-electron chi connectivity index (χ1n) is 12.9. The number of anilines is 1. The fourth-order valence-corrected chi connectivity index (χ4v) is 6.52. The molecule has 0 radical (unpaired) electrons. The molecule has 7 heteroatoms. The summed E-state index contributed by atoms with van der Waals surface area (Å²) in [6, 6.07) is 20.4. The zero-order chi connectivity index (χ0) is 26.7. The van der Waals surface area contributed by atoms with Gasteiger partial charge in [-0.1, -0.05) is 60.7 Å². The number of carbonyl (C=O) groups is 4. The molecule has 3 atom stereocenters. The molecule has 7 nitrogen and oxygen atoms in total. The van der Waals surface area contributed by atoms with Crippen LogP contribution >= 0.6 is 0 Å². The highest BCUT2D eigenvalue weighted by Crippen LogP contribution is 2.61. The van der Waals surface area contributed by atoms with E-state index in [0.29, 0.717) is 5.69 Å². The fourth-order valence-electron chi connectivity index (χ4n) is 6.52. The van der Waals surface area contributed by atoms with E-state index in [-0.39, 0.29) is 23.7 Å². The fraction of sp³-hybridized carbons (Fsp3) is 0.290. The number of aryl methyl sites for hydroxylation is 1. The van der Waals surface area contributed by atoms with Crippen molar-refractivity contribution in [1.82, 2.24) is 4.90 Å². The second-order valence-corrected chi connectivity index (χ2v) is 10.4. The van der Waals surface area contributed by atoms with Gasteiger partial charge in [0.05, 0.1) is 11.8 Å². The maximum atomic E-state index is 13.8. The number of carbonyl (C=O) groups excluding carboxylic acids is 4. The van der Waals surface area contributed by atoms with Crippen LogP contribution in [0.25, 0.3) is 0 Å². The normalized spacial score (nSPS) is 23.4. The van der Waals surface area contributed by atoms with Crippen LogP contribution in [0, 0.1) is 25.7 Å². The van der Waals surface area contributed by atoms with Crippen LogP contribution in [0.5, 0.6) is 0 Å². The van der Waals surface area contributed by atoms with Crippen LogP contribution in [0.1, 0.15) is 52.1 Å². The lowest BCUT2D eigenvalue weighted by Crippen LogP contribution is -2.45. The minimum Gasteiger partial charge on any atom is -0.454 e. The number of hydrogen-bond acceptors (Lipinski definition) is 5. The number of ether oxygens (including phenoxy) is 1. The number of likely N-dealkylation sites (tertiary alicyclic amines) is 1. The number of hydrogen-bond donors (Lipinski definition) is 1. The molecule has 1 fully saturated rings. The monoisotopic (exact) mass is 508 g/mol. The van der Waals surface area contributed by atoms with Gasteiger partial charge in [0.15, 0.2) is 6.61 Å². The lowest BCUT2D eigenvalue weighted by atomic mass is 9.55. The van der Waals surface area contributed by atoms with Crippen molar-refractivity contribution >= 4 is 29.4 Å². The molecule has 7 rings (SSSR count). The third-order valence-corrected chi connectivity index (χ3v) is 8.44. The summed E-state index contributed by atoms with van der Waals surface area (Å²) in [7, 11) is 0. The Morgan fingerprint density at radius 2 is 1.32 bits per heavy atom. The maximum Gasteiger partial charge on any atom is 0.329 e. The van der Waals surface area contributed by atoms with E-state index in [1.165, 1.54) is 6.92 Å². The molecule has 192 valence electrons. The first-order chi connectivity index (χ1) is 18.3. The van der Waals surface area contributed by atoms with Crippen molar-refractivity contribution < 1.29 is 23.9 Å². The Hall–Kier alpha value is -4.26. The van der Waals surface area contributed by atoms with E-state index < -0.39 is 36.4 Å². The van der Waals surface area contributed by atoms with E-state index in [0.717, 1.165) is 38.3 Å². The first kappa shape index (κ1) is 24.1. The van der Waals surface area contributed by atoms with Gasteiger partial charge in [-0.2, -0.15) is 0 Å². The van der Waals surface area contributed by atoms with Crippen LogP contribution in [0.15, 0.2) is 66.7 Å². The molecule has 4 aliphatic rings. The van der Waals surface area contributed by atoms with Crippen molar-refractivity contribution in [3.05, 3.63) is 100 Å². The Balaban J connectivity index is 1.21. The highest BCUT2D eigenvalue weighted by atomic mass is 16.5. The number of benzene rings is 3. The third-order valence-electron chi connectivity index (χ3n) is 8.44. The average Bonchev–Trinajstić information content (AvgIpc) is 3.19. The predicted octanol–water partition coefficient (Wildman–Crippen LogP) is 4.07. The second-order valence-electron chi connectivity index (χ2n) is 10.4. The van der Waals surface area contributed by atoms with Gasteiger partial charge >= 0.3 is 5.97 Å². The molecule has 3 aromatic carbocycles. The molecule has 0 aromatic heterocycles. The Morgan fingerprint density at radius 3 is 1.82 bits per heavy atom. The number of imide groups is 1. The molecule has 38 heavy (non-hydrogen) atoms.